The maximum Gasteiger partial charge on any atom is 0.220 e. The molecule has 0 aliphatic heterocycles. The SMILES string of the molecule is Cc1ccc(CCC(=O)NC2CCCCC2O)cc1Cl. The van der Waals surface area contributed by atoms with Crippen LogP contribution >= 0.6 is 11.6 Å². The summed E-state index contributed by atoms with van der Waals surface area (Å²) in [4.78, 5) is 11.9. The topological polar surface area (TPSA) is 49.3 Å². The van der Waals surface area contributed by atoms with Crippen LogP contribution in [0.3, 0.4) is 0 Å². The minimum Gasteiger partial charge on any atom is -0.391 e. The normalized spacial score (nSPS) is 22.6. The van der Waals surface area contributed by atoms with E-state index in [1.807, 2.05) is 25.1 Å². The van der Waals surface area contributed by atoms with Crippen LogP contribution in [0, 0.1) is 6.92 Å². The molecule has 0 radical (unpaired) electrons. The van der Waals surface area contributed by atoms with E-state index < -0.39 is 0 Å². The molecule has 20 heavy (non-hydrogen) atoms. The van der Waals surface area contributed by atoms with E-state index in [-0.39, 0.29) is 18.1 Å². The molecule has 0 bridgehead atoms. The van der Waals surface area contributed by atoms with Crippen LogP contribution in [-0.2, 0) is 11.2 Å². The van der Waals surface area contributed by atoms with Gasteiger partial charge in [0.1, 0.15) is 0 Å². The van der Waals surface area contributed by atoms with E-state index >= 15 is 0 Å². The molecule has 2 rings (SSSR count). The Morgan fingerprint density at radius 2 is 2.15 bits per heavy atom. The van der Waals surface area contributed by atoms with Gasteiger partial charge in [-0.2, -0.15) is 0 Å². The summed E-state index contributed by atoms with van der Waals surface area (Å²) in [5.74, 6) is 0.00708. The maximum atomic E-state index is 11.9. The standard InChI is InChI=1S/C16H22ClNO2/c1-11-6-7-12(10-13(11)17)8-9-16(20)18-14-4-2-3-5-15(14)19/h6-7,10,14-15,19H,2-5,8-9H2,1H3,(H,18,20). The van der Waals surface area contributed by atoms with Gasteiger partial charge in [0.05, 0.1) is 12.1 Å². The van der Waals surface area contributed by atoms with Gasteiger partial charge in [0.25, 0.3) is 0 Å². The Hall–Kier alpha value is -1.06. The fraction of sp³-hybridized carbons (Fsp3) is 0.562. The van der Waals surface area contributed by atoms with Crippen LogP contribution in [0.5, 0.6) is 0 Å². The lowest BCUT2D eigenvalue weighted by atomic mass is 9.92. The van der Waals surface area contributed by atoms with E-state index in [9.17, 15) is 9.90 Å². The number of aryl methyl sites for hydroxylation is 2. The van der Waals surface area contributed by atoms with E-state index in [2.05, 4.69) is 5.32 Å². The molecular weight excluding hydrogens is 274 g/mol. The van der Waals surface area contributed by atoms with Crippen LogP contribution in [0.2, 0.25) is 5.02 Å². The summed E-state index contributed by atoms with van der Waals surface area (Å²) in [6.07, 6.45) is 4.52. The molecule has 0 aromatic heterocycles. The molecule has 1 aromatic carbocycles. The molecule has 2 unspecified atom stereocenters. The Bertz CT molecular complexity index is 476. The second-order valence-corrected chi connectivity index (χ2v) is 6.02. The Balaban J connectivity index is 1.81. The van der Waals surface area contributed by atoms with E-state index in [1.165, 1.54) is 0 Å². The van der Waals surface area contributed by atoms with Crippen molar-refractivity contribution < 1.29 is 9.90 Å². The first-order chi connectivity index (χ1) is 9.56. The number of benzene rings is 1. The Morgan fingerprint density at radius 3 is 2.85 bits per heavy atom. The molecule has 0 spiro atoms. The summed E-state index contributed by atoms with van der Waals surface area (Å²) in [5.41, 5.74) is 2.12. The molecule has 3 nitrogen and oxygen atoms in total. The zero-order valence-electron chi connectivity index (χ0n) is 11.9. The number of aliphatic hydroxyl groups is 1. The number of carbonyl (C=O) groups is 1. The largest absolute Gasteiger partial charge is 0.391 e. The Morgan fingerprint density at radius 1 is 1.40 bits per heavy atom. The monoisotopic (exact) mass is 295 g/mol. The average molecular weight is 296 g/mol. The molecule has 2 N–H and O–H groups in total. The third-order valence-electron chi connectivity index (χ3n) is 3.95. The number of carbonyl (C=O) groups excluding carboxylic acids is 1. The van der Waals surface area contributed by atoms with Gasteiger partial charge in [-0.15, -0.1) is 0 Å². The van der Waals surface area contributed by atoms with Crippen LogP contribution in [0.15, 0.2) is 18.2 Å². The first kappa shape index (κ1) is 15.3. The lowest BCUT2D eigenvalue weighted by Crippen LogP contribution is -2.45. The summed E-state index contributed by atoms with van der Waals surface area (Å²) in [6.45, 7) is 1.96. The zero-order chi connectivity index (χ0) is 14.5. The van der Waals surface area contributed by atoms with Crippen molar-refractivity contribution >= 4 is 17.5 Å². The van der Waals surface area contributed by atoms with Gasteiger partial charge in [-0.05, 0) is 43.4 Å². The smallest absolute Gasteiger partial charge is 0.220 e. The Kier molecular flexibility index (Phi) is 5.44. The number of hydrogen-bond acceptors (Lipinski definition) is 2. The maximum absolute atomic E-state index is 11.9. The van der Waals surface area contributed by atoms with Gasteiger partial charge in [-0.25, -0.2) is 0 Å². The number of rotatable bonds is 4. The second kappa shape index (κ2) is 7.09. The second-order valence-electron chi connectivity index (χ2n) is 5.61. The molecule has 1 aromatic rings. The lowest BCUT2D eigenvalue weighted by Gasteiger charge is -2.28. The van der Waals surface area contributed by atoms with Gasteiger partial charge in [-0.1, -0.05) is 36.6 Å². The van der Waals surface area contributed by atoms with Crippen LogP contribution in [0.25, 0.3) is 0 Å². The third kappa shape index (κ3) is 4.22. The predicted molar refractivity (Wildman–Crippen MR) is 80.9 cm³/mol. The van der Waals surface area contributed by atoms with E-state index in [0.29, 0.717) is 12.8 Å². The molecule has 1 amide bonds. The zero-order valence-corrected chi connectivity index (χ0v) is 12.6. The first-order valence-electron chi connectivity index (χ1n) is 7.28. The van der Waals surface area contributed by atoms with E-state index in [0.717, 1.165) is 41.8 Å². The summed E-state index contributed by atoms with van der Waals surface area (Å²) < 4.78 is 0. The van der Waals surface area contributed by atoms with Crippen molar-refractivity contribution in [2.24, 2.45) is 0 Å². The van der Waals surface area contributed by atoms with Crippen LogP contribution in [-0.4, -0.2) is 23.2 Å². The van der Waals surface area contributed by atoms with Gasteiger partial charge < -0.3 is 10.4 Å². The van der Waals surface area contributed by atoms with Crippen molar-refractivity contribution in [2.75, 3.05) is 0 Å². The summed E-state index contributed by atoms with van der Waals surface area (Å²) in [7, 11) is 0. The molecule has 4 heteroatoms. The molecule has 110 valence electrons. The van der Waals surface area contributed by atoms with Crippen molar-refractivity contribution in [3.8, 4) is 0 Å². The number of hydrogen-bond donors (Lipinski definition) is 2. The van der Waals surface area contributed by atoms with Crippen molar-refractivity contribution in [3.05, 3.63) is 34.3 Å². The number of nitrogens with one attached hydrogen (secondary N) is 1. The van der Waals surface area contributed by atoms with Crippen molar-refractivity contribution in [3.63, 3.8) is 0 Å². The number of aliphatic hydroxyl groups excluding tert-OH is 1. The molecular formula is C16H22ClNO2. The molecule has 0 heterocycles. The molecule has 1 saturated carbocycles. The summed E-state index contributed by atoms with van der Waals surface area (Å²) in [5, 5.41) is 13.5. The fourth-order valence-corrected chi connectivity index (χ4v) is 2.81. The van der Waals surface area contributed by atoms with Gasteiger partial charge in [0.15, 0.2) is 0 Å². The highest BCUT2D eigenvalue weighted by molar-refractivity contribution is 6.31. The molecule has 1 fully saturated rings. The van der Waals surface area contributed by atoms with E-state index in [1.54, 1.807) is 0 Å². The highest BCUT2D eigenvalue weighted by Gasteiger charge is 2.24. The fourth-order valence-electron chi connectivity index (χ4n) is 2.61. The third-order valence-corrected chi connectivity index (χ3v) is 4.36. The van der Waals surface area contributed by atoms with Crippen LogP contribution < -0.4 is 5.32 Å². The predicted octanol–water partition coefficient (Wildman–Crippen LogP) is 3.00. The lowest BCUT2D eigenvalue weighted by molar-refractivity contribution is -0.123. The van der Waals surface area contributed by atoms with Crippen LogP contribution in [0.1, 0.15) is 43.2 Å². The van der Waals surface area contributed by atoms with Gasteiger partial charge in [0.2, 0.25) is 5.91 Å². The highest BCUT2D eigenvalue weighted by Crippen LogP contribution is 2.19. The number of halogens is 1. The number of amides is 1. The molecule has 2 atom stereocenters. The summed E-state index contributed by atoms with van der Waals surface area (Å²) >= 11 is 6.07. The van der Waals surface area contributed by atoms with Crippen molar-refractivity contribution in [2.45, 2.75) is 57.6 Å². The molecule has 0 saturated heterocycles. The summed E-state index contributed by atoms with van der Waals surface area (Å²) in [6, 6.07) is 5.82. The van der Waals surface area contributed by atoms with Crippen LogP contribution in [0.4, 0.5) is 0 Å². The minimum absolute atomic E-state index is 0.00708. The average Bonchev–Trinajstić information content (AvgIpc) is 2.43. The highest BCUT2D eigenvalue weighted by atomic mass is 35.5. The van der Waals surface area contributed by atoms with E-state index in [4.69, 9.17) is 11.6 Å². The first-order valence-corrected chi connectivity index (χ1v) is 7.66. The van der Waals surface area contributed by atoms with Gasteiger partial charge >= 0.3 is 0 Å². The quantitative estimate of drug-likeness (QED) is 0.897. The Labute approximate surface area is 125 Å². The van der Waals surface area contributed by atoms with Gasteiger partial charge in [0, 0.05) is 11.4 Å². The van der Waals surface area contributed by atoms with Crippen molar-refractivity contribution in [1.82, 2.24) is 5.32 Å². The van der Waals surface area contributed by atoms with Crippen molar-refractivity contribution in [1.29, 1.82) is 0 Å². The van der Waals surface area contributed by atoms with Gasteiger partial charge in [-0.3, -0.25) is 4.79 Å². The molecule has 1 aliphatic rings. The molecule has 1 aliphatic carbocycles. The minimum atomic E-state index is -0.387.